The van der Waals surface area contributed by atoms with Gasteiger partial charge >= 0.3 is 0 Å². The van der Waals surface area contributed by atoms with Crippen LogP contribution in [0.5, 0.6) is 0 Å². The van der Waals surface area contributed by atoms with Crippen molar-refractivity contribution < 1.29 is 9.59 Å². The van der Waals surface area contributed by atoms with E-state index in [0.29, 0.717) is 11.3 Å². The summed E-state index contributed by atoms with van der Waals surface area (Å²) in [6, 6.07) is 8.76. The third-order valence-electron chi connectivity index (χ3n) is 3.06. The lowest BCUT2D eigenvalue weighted by molar-refractivity contribution is 0.0924. The summed E-state index contributed by atoms with van der Waals surface area (Å²) in [5.41, 5.74) is 2.01. The molecule has 1 aliphatic heterocycles. The van der Waals surface area contributed by atoms with Gasteiger partial charge in [-0.1, -0.05) is 22.0 Å². The molecule has 0 aliphatic carbocycles. The third kappa shape index (κ3) is 1.77. The summed E-state index contributed by atoms with van der Waals surface area (Å²) in [6.45, 7) is 1.86. The van der Waals surface area contributed by atoms with Crippen molar-refractivity contribution in [3.8, 4) is 0 Å². The van der Waals surface area contributed by atoms with Crippen LogP contribution in [-0.2, 0) is 0 Å². The molecule has 4 nitrogen and oxygen atoms in total. The lowest BCUT2D eigenvalue weighted by atomic mass is 10.2. The minimum atomic E-state index is -0.373. The Morgan fingerprint density at radius 1 is 1.16 bits per heavy atom. The Morgan fingerprint density at radius 2 is 1.95 bits per heavy atom. The van der Waals surface area contributed by atoms with Crippen LogP contribution in [0.4, 0.5) is 5.69 Å². The van der Waals surface area contributed by atoms with E-state index >= 15 is 0 Å². The molecule has 2 amide bonds. The normalized spacial score (nSPS) is 13.9. The summed E-state index contributed by atoms with van der Waals surface area (Å²) in [5, 5.41) is 0. The van der Waals surface area contributed by atoms with Crippen LogP contribution in [-0.4, -0.2) is 16.8 Å². The van der Waals surface area contributed by atoms with Gasteiger partial charge in [0.25, 0.3) is 11.8 Å². The molecular formula is C14H9BrN2O2. The van der Waals surface area contributed by atoms with E-state index in [4.69, 9.17) is 0 Å². The van der Waals surface area contributed by atoms with Crippen LogP contribution in [0.3, 0.4) is 0 Å². The lowest BCUT2D eigenvalue weighted by Gasteiger charge is -2.16. The van der Waals surface area contributed by atoms with Gasteiger partial charge < -0.3 is 0 Å². The number of nitrogens with zero attached hydrogens (tertiary/aromatic N) is 2. The number of aryl methyl sites for hydroxylation is 1. The van der Waals surface area contributed by atoms with E-state index in [1.165, 1.54) is 11.1 Å². The Bertz CT molecular complexity index is 677. The third-order valence-corrected chi connectivity index (χ3v) is 3.55. The number of carbonyl (C=O) groups excluding carboxylic acids is 2. The summed E-state index contributed by atoms with van der Waals surface area (Å²) in [7, 11) is 0. The number of imide groups is 1. The summed E-state index contributed by atoms with van der Waals surface area (Å²) in [5.74, 6) is -0.698. The predicted molar refractivity (Wildman–Crippen MR) is 74.3 cm³/mol. The number of rotatable bonds is 1. The molecule has 0 saturated carbocycles. The number of aromatic nitrogens is 1. The number of hydrogen-bond acceptors (Lipinski definition) is 3. The van der Waals surface area contributed by atoms with Gasteiger partial charge in [-0.3, -0.25) is 14.6 Å². The van der Waals surface area contributed by atoms with Gasteiger partial charge in [-0.25, -0.2) is 4.90 Å². The van der Waals surface area contributed by atoms with Crippen molar-refractivity contribution in [2.75, 3.05) is 4.90 Å². The maximum absolute atomic E-state index is 12.3. The second-order valence-corrected chi connectivity index (χ2v) is 5.19. The number of anilines is 1. The molecule has 1 aromatic heterocycles. The fraction of sp³-hybridized carbons (Fsp3) is 0.0714. The molecule has 0 bridgehead atoms. The van der Waals surface area contributed by atoms with Gasteiger partial charge in [-0.05, 0) is 36.8 Å². The number of fused-ring (bicyclic) bond motifs is 1. The average molecular weight is 317 g/mol. The zero-order valence-corrected chi connectivity index (χ0v) is 11.6. The zero-order valence-electron chi connectivity index (χ0n) is 10.1. The highest BCUT2D eigenvalue weighted by Crippen LogP contribution is 2.31. The van der Waals surface area contributed by atoms with Crippen LogP contribution in [0.15, 0.2) is 41.0 Å². The average Bonchev–Trinajstić information content (AvgIpc) is 2.66. The number of carbonyl (C=O) groups is 2. The molecule has 94 valence electrons. The van der Waals surface area contributed by atoms with Crippen LogP contribution in [0, 0.1) is 6.92 Å². The smallest absolute Gasteiger partial charge is 0.268 e. The monoisotopic (exact) mass is 316 g/mol. The molecule has 5 heteroatoms. The van der Waals surface area contributed by atoms with E-state index in [-0.39, 0.29) is 17.5 Å². The van der Waals surface area contributed by atoms with Crippen molar-refractivity contribution in [1.29, 1.82) is 0 Å². The minimum Gasteiger partial charge on any atom is -0.268 e. The number of halogens is 1. The minimum absolute atomic E-state index is 0.215. The molecule has 0 spiro atoms. The van der Waals surface area contributed by atoms with E-state index in [2.05, 4.69) is 20.9 Å². The van der Waals surface area contributed by atoms with Crippen molar-refractivity contribution in [2.45, 2.75) is 6.92 Å². The van der Waals surface area contributed by atoms with Gasteiger partial charge in [0, 0.05) is 10.7 Å². The fourth-order valence-electron chi connectivity index (χ4n) is 2.11. The van der Waals surface area contributed by atoms with Gasteiger partial charge in [0.2, 0.25) is 0 Å². The Labute approximate surface area is 118 Å². The van der Waals surface area contributed by atoms with Gasteiger partial charge in [0.15, 0.2) is 0 Å². The van der Waals surface area contributed by atoms with Crippen LogP contribution >= 0.6 is 15.9 Å². The van der Waals surface area contributed by atoms with E-state index < -0.39 is 0 Å². The van der Waals surface area contributed by atoms with Crippen molar-refractivity contribution in [3.05, 3.63) is 57.8 Å². The van der Waals surface area contributed by atoms with Crippen molar-refractivity contribution in [2.24, 2.45) is 0 Å². The van der Waals surface area contributed by atoms with Crippen LogP contribution < -0.4 is 4.90 Å². The highest BCUT2D eigenvalue weighted by molar-refractivity contribution is 9.10. The largest absolute Gasteiger partial charge is 0.284 e. The van der Waals surface area contributed by atoms with E-state index in [1.807, 2.05) is 19.1 Å². The first-order valence-electron chi connectivity index (χ1n) is 5.69. The second-order valence-electron chi connectivity index (χ2n) is 4.28. The SMILES string of the molecule is Cc1ccc(Br)cc1N1C(=O)c2cccnc2C1=O. The Hall–Kier alpha value is -2.01. The van der Waals surface area contributed by atoms with E-state index in [1.54, 1.807) is 18.2 Å². The number of hydrogen-bond donors (Lipinski definition) is 0. The number of pyridine rings is 1. The molecule has 2 heterocycles. The van der Waals surface area contributed by atoms with Gasteiger partial charge in [0.1, 0.15) is 5.69 Å². The fourth-order valence-corrected chi connectivity index (χ4v) is 2.46. The zero-order chi connectivity index (χ0) is 13.6. The molecule has 0 saturated heterocycles. The van der Waals surface area contributed by atoms with E-state index in [9.17, 15) is 9.59 Å². The quantitative estimate of drug-likeness (QED) is 0.760. The first kappa shape index (κ1) is 12.0. The molecular weight excluding hydrogens is 308 g/mol. The molecule has 0 unspecified atom stereocenters. The van der Waals surface area contributed by atoms with Crippen molar-refractivity contribution in [1.82, 2.24) is 4.98 Å². The van der Waals surface area contributed by atoms with Crippen molar-refractivity contribution >= 4 is 33.4 Å². The Kier molecular flexibility index (Phi) is 2.71. The number of amides is 2. The molecule has 0 fully saturated rings. The van der Waals surface area contributed by atoms with Crippen LogP contribution in [0.2, 0.25) is 0 Å². The van der Waals surface area contributed by atoms with Crippen LogP contribution in [0.1, 0.15) is 26.4 Å². The Balaban J connectivity index is 2.17. The topological polar surface area (TPSA) is 50.3 Å². The summed E-state index contributed by atoms with van der Waals surface area (Å²) in [6.07, 6.45) is 1.52. The molecule has 0 N–H and O–H groups in total. The van der Waals surface area contributed by atoms with Gasteiger partial charge in [-0.15, -0.1) is 0 Å². The molecule has 1 aromatic carbocycles. The Morgan fingerprint density at radius 3 is 2.68 bits per heavy atom. The standard InChI is InChI=1S/C14H9BrN2O2/c1-8-4-5-9(15)7-11(8)17-13(18)10-3-2-6-16-12(10)14(17)19/h2-7H,1H3. The molecule has 0 radical (unpaired) electrons. The molecule has 3 rings (SSSR count). The summed E-state index contributed by atoms with van der Waals surface area (Å²) in [4.78, 5) is 29.8. The molecule has 2 aromatic rings. The van der Waals surface area contributed by atoms with Crippen molar-refractivity contribution in [3.63, 3.8) is 0 Å². The van der Waals surface area contributed by atoms with Crippen LogP contribution in [0.25, 0.3) is 0 Å². The highest BCUT2D eigenvalue weighted by atomic mass is 79.9. The first-order valence-corrected chi connectivity index (χ1v) is 6.49. The molecule has 0 atom stereocenters. The molecule has 1 aliphatic rings. The lowest BCUT2D eigenvalue weighted by Crippen LogP contribution is -2.30. The van der Waals surface area contributed by atoms with Gasteiger partial charge in [0.05, 0.1) is 11.3 Å². The maximum Gasteiger partial charge on any atom is 0.284 e. The first-order chi connectivity index (χ1) is 9.09. The summed E-state index contributed by atoms with van der Waals surface area (Å²) >= 11 is 3.35. The molecule has 19 heavy (non-hydrogen) atoms. The highest BCUT2D eigenvalue weighted by Gasteiger charge is 2.38. The summed E-state index contributed by atoms with van der Waals surface area (Å²) < 4.78 is 0.817. The predicted octanol–water partition coefficient (Wildman–Crippen LogP) is 2.95. The number of benzene rings is 1. The van der Waals surface area contributed by atoms with E-state index in [0.717, 1.165) is 10.0 Å². The second kappa shape index (κ2) is 4.28. The maximum atomic E-state index is 12.3. The van der Waals surface area contributed by atoms with Gasteiger partial charge in [-0.2, -0.15) is 0 Å².